The van der Waals surface area contributed by atoms with Gasteiger partial charge in [-0.2, -0.15) is 11.8 Å². The van der Waals surface area contributed by atoms with Crippen molar-refractivity contribution in [2.75, 3.05) is 17.2 Å². The summed E-state index contributed by atoms with van der Waals surface area (Å²) in [4.78, 5) is 0. The topological polar surface area (TPSA) is 52.0 Å². The fraction of sp³-hybridized carbons (Fsp3) is 0.625. The summed E-state index contributed by atoms with van der Waals surface area (Å²) < 4.78 is 4.84. The predicted molar refractivity (Wildman–Crippen MR) is 50.2 cm³/mol. The van der Waals surface area contributed by atoms with Gasteiger partial charge in [-0.1, -0.05) is 5.16 Å². The molecular formula is C8H12N2OS. The smallest absolute Gasteiger partial charge is 0.222 e. The van der Waals surface area contributed by atoms with Gasteiger partial charge in [0.05, 0.1) is 5.69 Å². The largest absolute Gasteiger partial charge is 0.368 e. The quantitative estimate of drug-likeness (QED) is 0.724. The van der Waals surface area contributed by atoms with Crippen molar-refractivity contribution < 1.29 is 4.52 Å². The third-order valence-corrected chi connectivity index (χ3v) is 3.34. The first kappa shape index (κ1) is 7.98. The Kier molecular flexibility index (Phi) is 2.26. The van der Waals surface area contributed by atoms with Crippen molar-refractivity contribution in [3.8, 4) is 0 Å². The molecule has 1 saturated heterocycles. The first-order valence-corrected chi connectivity index (χ1v) is 5.31. The summed E-state index contributed by atoms with van der Waals surface area (Å²) in [6.45, 7) is 0. The molecule has 0 aromatic carbocycles. The van der Waals surface area contributed by atoms with Gasteiger partial charge in [0.25, 0.3) is 0 Å². The minimum Gasteiger partial charge on any atom is -0.368 e. The highest BCUT2D eigenvalue weighted by Crippen LogP contribution is 2.30. The van der Waals surface area contributed by atoms with Gasteiger partial charge in [-0.05, 0) is 18.6 Å². The number of nitrogens with zero attached hydrogens (tertiary/aromatic N) is 1. The molecule has 1 fully saturated rings. The summed E-state index contributed by atoms with van der Waals surface area (Å²) >= 11 is 1.98. The average Bonchev–Trinajstić information content (AvgIpc) is 2.54. The summed E-state index contributed by atoms with van der Waals surface area (Å²) in [6, 6.07) is 1.84. The highest BCUT2D eigenvalue weighted by molar-refractivity contribution is 7.99. The van der Waals surface area contributed by atoms with E-state index in [0.717, 1.165) is 11.4 Å². The lowest BCUT2D eigenvalue weighted by Crippen LogP contribution is -2.08. The number of nitrogens with two attached hydrogens (primary N) is 1. The number of anilines is 1. The van der Waals surface area contributed by atoms with Crippen LogP contribution in [0.25, 0.3) is 0 Å². The van der Waals surface area contributed by atoms with Crippen LogP contribution in [0.1, 0.15) is 24.5 Å². The van der Waals surface area contributed by atoms with Gasteiger partial charge in [-0.15, -0.1) is 0 Å². The Morgan fingerprint density at radius 2 is 2.58 bits per heavy atom. The molecule has 12 heavy (non-hydrogen) atoms. The Hall–Kier alpha value is -0.640. The van der Waals surface area contributed by atoms with Crippen LogP contribution in [0.15, 0.2) is 10.6 Å². The summed E-state index contributed by atoms with van der Waals surface area (Å²) in [7, 11) is 0. The molecule has 1 unspecified atom stereocenters. The molecule has 2 rings (SSSR count). The Bertz CT molecular complexity index is 255. The number of hydrogen-bond acceptors (Lipinski definition) is 4. The molecule has 2 N–H and O–H groups in total. The van der Waals surface area contributed by atoms with Crippen LogP contribution < -0.4 is 5.73 Å². The third-order valence-electron chi connectivity index (χ3n) is 2.13. The van der Waals surface area contributed by atoms with Crippen LogP contribution in [0.5, 0.6) is 0 Å². The number of hydrogen-bond donors (Lipinski definition) is 1. The summed E-state index contributed by atoms with van der Waals surface area (Å²) in [6.07, 6.45) is 2.50. The highest BCUT2D eigenvalue weighted by Gasteiger charge is 2.18. The van der Waals surface area contributed by atoms with Crippen LogP contribution in [0.2, 0.25) is 0 Å². The maximum absolute atomic E-state index is 5.45. The van der Waals surface area contributed by atoms with E-state index in [4.69, 9.17) is 10.3 Å². The molecule has 0 bridgehead atoms. The molecule has 0 aliphatic carbocycles. The standard InChI is InChI=1S/C8H12N2OS/c9-8-4-7(10-11-8)6-2-1-3-12-5-6/h4,6H,1-3,5,9H2. The van der Waals surface area contributed by atoms with Crippen molar-refractivity contribution >= 4 is 17.6 Å². The molecule has 1 aliphatic heterocycles. The normalized spacial score (nSPS) is 24.2. The molecule has 0 radical (unpaired) electrons. The van der Waals surface area contributed by atoms with Crippen LogP contribution in [-0.2, 0) is 0 Å². The van der Waals surface area contributed by atoms with Gasteiger partial charge >= 0.3 is 0 Å². The second-order valence-electron chi connectivity index (χ2n) is 3.07. The van der Waals surface area contributed by atoms with Crippen LogP contribution >= 0.6 is 11.8 Å². The van der Waals surface area contributed by atoms with Crippen molar-refractivity contribution in [1.29, 1.82) is 0 Å². The van der Waals surface area contributed by atoms with E-state index >= 15 is 0 Å². The molecule has 0 spiro atoms. The fourth-order valence-electron chi connectivity index (χ4n) is 1.47. The Labute approximate surface area is 75.7 Å². The van der Waals surface area contributed by atoms with Crippen LogP contribution in [0.3, 0.4) is 0 Å². The van der Waals surface area contributed by atoms with E-state index < -0.39 is 0 Å². The van der Waals surface area contributed by atoms with Gasteiger partial charge in [-0.25, -0.2) is 0 Å². The zero-order valence-corrected chi connectivity index (χ0v) is 7.64. The predicted octanol–water partition coefficient (Wildman–Crippen LogP) is 1.87. The summed E-state index contributed by atoms with van der Waals surface area (Å²) in [5, 5.41) is 3.93. The lowest BCUT2D eigenvalue weighted by atomic mass is 10.0. The Morgan fingerprint density at radius 3 is 3.17 bits per heavy atom. The van der Waals surface area contributed by atoms with Gasteiger partial charge in [0, 0.05) is 17.7 Å². The van der Waals surface area contributed by atoms with Crippen LogP contribution in [-0.4, -0.2) is 16.7 Å². The zero-order valence-electron chi connectivity index (χ0n) is 6.82. The van der Waals surface area contributed by atoms with E-state index in [1.165, 1.54) is 18.6 Å². The molecule has 2 heterocycles. The maximum Gasteiger partial charge on any atom is 0.222 e. The summed E-state index contributed by atoms with van der Waals surface area (Å²) in [5.74, 6) is 3.43. The molecule has 0 amide bonds. The first-order valence-electron chi connectivity index (χ1n) is 4.16. The van der Waals surface area contributed by atoms with Crippen molar-refractivity contribution in [3.05, 3.63) is 11.8 Å². The molecule has 66 valence electrons. The number of thioether (sulfide) groups is 1. The second-order valence-corrected chi connectivity index (χ2v) is 4.22. The maximum atomic E-state index is 5.45. The van der Waals surface area contributed by atoms with Crippen molar-refractivity contribution in [3.63, 3.8) is 0 Å². The van der Waals surface area contributed by atoms with Gasteiger partial charge in [0.1, 0.15) is 0 Å². The molecule has 3 nitrogen and oxygen atoms in total. The van der Waals surface area contributed by atoms with E-state index in [1.54, 1.807) is 0 Å². The zero-order chi connectivity index (χ0) is 8.39. The Morgan fingerprint density at radius 1 is 1.67 bits per heavy atom. The fourth-order valence-corrected chi connectivity index (χ4v) is 2.63. The van der Waals surface area contributed by atoms with Crippen molar-refractivity contribution in [1.82, 2.24) is 5.16 Å². The van der Waals surface area contributed by atoms with E-state index in [-0.39, 0.29) is 0 Å². The summed E-state index contributed by atoms with van der Waals surface area (Å²) in [5.41, 5.74) is 6.48. The number of rotatable bonds is 1. The molecule has 1 atom stereocenters. The average molecular weight is 184 g/mol. The lowest BCUT2D eigenvalue weighted by molar-refractivity contribution is 0.419. The Balaban J connectivity index is 2.08. The van der Waals surface area contributed by atoms with Crippen LogP contribution in [0.4, 0.5) is 5.88 Å². The van der Waals surface area contributed by atoms with Gasteiger partial charge in [0.2, 0.25) is 5.88 Å². The van der Waals surface area contributed by atoms with Gasteiger partial charge < -0.3 is 10.3 Å². The third kappa shape index (κ3) is 1.58. The highest BCUT2D eigenvalue weighted by atomic mass is 32.2. The van der Waals surface area contributed by atoms with Crippen molar-refractivity contribution in [2.24, 2.45) is 0 Å². The molecule has 1 aliphatic rings. The van der Waals surface area contributed by atoms with E-state index in [0.29, 0.717) is 11.8 Å². The van der Waals surface area contributed by atoms with Gasteiger partial charge in [0.15, 0.2) is 0 Å². The number of aromatic nitrogens is 1. The lowest BCUT2D eigenvalue weighted by Gasteiger charge is -2.18. The molecule has 1 aromatic rings. The van der Waals surface area contributed by atoms with E-state index in [2.05, 4.69) is 5.16 Å². The minimum absolute atomic E-state index is 0.431. The molecule has 0 saturated carbocycles. The van der Waals surface area contributed by atoms with E-state index in [1.807, 2.05) is 17.8 Å². The number of nitrogen functional groups attached to an aromatic ring is 1. The minimum atomic E-state index is 0.431. The van der Waals surface area contributed by atoms with Crippen molar-refractivity contribution in [2.45, 2.75) is 18.8 Å². The second kappa shape index (κ2) is 3.39. The molecule has 4 heteroatoms. The molecule has 1 aromatic heterocycles. The van der Waals surface area contributed by atoms with Gasteiger partial charge in [-0.3, -0.25) is 0 Å². The monoisotopic (exact) mass is 184 g/mol. The molecular weight excluding hydrogens is 172 g/mol. The SMILES string of the molecule is Nc1cc(C2CCCSC2)no1. The van der Waals surface area contributed by atoms with E-state index in [9.17, 15) is 0 Å². The first-order chi connectivity index (χ1) is 5.86. The van der Waals surface area contributed by atoms with Crippen LogP contribution in [0, 0.1) is 0 Å².